The van der Waals surface area contributed by atoms with E-state index in [-0.39, 0.29) is 12.3 Å². The van der Waals surface area contributed by atoms with E-state index < -0.39 is 36.3 Å². The minimum Gasteiger partial charge on any atom is -0.464 e. The largest absolute Gasteiger partial charge is 0.464 e. The molecule has 1 aliphatic heterocycles. The van der Waals surface area contributed by atoms with Crippen LogP contribution in [-0.4, -0.2) is 37.1 Å². The number of carbonyl (C=O) groups excluding carboxylic acids is 3. The van der Waals surface area contributed by atoms with Crippen LogP contribution < -0.4 is 4.90 Å². The quantitative estimate of drug-likeness (QED) is 0.776. The molecule has 2 rings (SSSR count). The number of benzene rings is 1. The second-order valence-corrected chi connectivity index (χ2v) is 4.50. The molecule has 0 bridgehead atoms. The van der Waals surface area contributed by atoms with Crippen molar-refractivity contribution in [1.82, 2.24) is 0 Å². The number of carbonyl (C=O) groups is 3. The Balaban J connectivity index is 2.27. The first-order chi connectivity index (χ1) is 9.99. The molecule has 1 saturated heterocycles. The van der Waals surface area contributed by atoms with Crippen LogP contribution in [-0.2, 0) is 23.9 Å². The van der Waals surface area contributed by atoms with Crippen molar-refractivity contribution >= 4 is 23.5 Å². The molecule has 1 aliphatic rings. The molecule has 1 aromatic carbocycles. The van der Waals surface area contributed by atoms with E-state index in [0.717, 1.165) is 11.0 Å². The SMILES string of the molecule is CC(=O)OCC(=O)N(c1cccc(F)c1)C1CCOC1=O. The Morgan fingerprint density at radius 1 is 1.48 bits per heavy atom. The van der Waals surface area contributed by atoms with Gasteiger partial charge in [0.25, 0.3) is 5.91 Å². The van der Waals surface area contributed by atoms with Crippen molar-refractivity contribution in [2.24, 2.45) is 0 Å². The summed E-state index contributed by atoms with van der Waals surface area (Å²) in [7, 11) is 0. The highest BCUT2D eigenvalue weighted by Gasteiger charge is 2.36. The van der Waals surface area contributed by atoms with Crippen molar-refractivity contribution in [2.75, 3.05) is 18.1 Å². The fraction of sp³-hybridized carbons (Fsp3) is 0.357. The second-order valence-electron chi connectivity index (χ2n) is 4.50. The van der Waals surface area contributed by atoms with E-state index in [1.807, 2.05) is 0 Å². The fourth-order valence-corrected chi connectivity index (χ4v) is 2.08. The molecular weight excluding hydrogens is 281 g/mol. The van der Waals surface area contributed by atoms with Gasteiger partial charge in [-0.2, -0.15) is 0 Å². The standard InChI is InChI=1S/C14H14FNO5/c1-9(17)21-8-13(18)16(12-5-6-20-14(12)19)11-4-2-3-10(15)7-11/h2-4,7,12H,5-6,8H2,1H3. The van der Waals surface area contributed by atoms with Crippen molar-refractivity contribution in [3.8, 4) is 0 Å². The third-order valence-corrected chi connectivity index (χ3v) is 2.97. The number of cyclic esters (lactones) is 1. The molecule has 0 N–H and O–H groups in total. The molecule has 0 aliphatic carbocycles. The van der Waals surface area contributed by atoms with Crippen molar-refractivity contribution in [2.45, 2.75) is 19.4 Å². The van der Waals surface area contributed by atoms with Gasteiger partial charge in [0, 0.05) is 19.0 Å². The van der Waals surface area contributed by atoms with Crippen molar-refractivity contribution < 1.29 is 28.2 Å². The van der Waals surface area contributed by atoms with Crippen molar-refractivity contribution in [3.63, 3.8) is 0 Å². The van der Waals surface area contributed by atoms with E-state index in [9.17, 15) is 18.8 Å². The van der Waals surface area contributed by atoms with Crippen LogP contribution in [0.5, 0.6) is 0 Å². The van der Waals surface area contributed by atoms with Crippen LogP contribution in [0.3, 0.4) is 0 Å². The highest BCUT2D eigenvalue weighted by molar-refractivity contribution is 6.01. The fourth-order valence-electron chi connectivity index (χ4n) is 2.08. The van der Waals surface area contributed by atoms with Crippen LogP contribution in [0, 0.1) is 5.82 Å². The molecule has 6 nitrogen and oxygen atoms in total. The summed E-state index contributed by atoms with van der Waals surface area (Å²) in [6, 6.07) is 4.45. The van der Waals surface area contributed by atoms with Crippen LogP contribution in [0.15, 0.2) is 24.3 Å². The number of halogens is 1. The number of anilines is 1. The normalized spacial score (nSPS) is 17.2. The Morgan fingerprint density at radius 3 is 2.81 bits per heavy atom. The van der Waals surface area contributed by atoms with Gasteiger partial charge >= 0.3 is 11.9 Å². The Hall–Kier alpha value is -2.44. The van der Waals surface area contributed by atoms with Crippen LogP contribution in [0.4, 0.5) is 10.1 Å². The molecule has 0 radical (unpaired) electrons. The number of nitrogens with zero attached hydrogens (tertiary/aromatic N) is 1. The van der Waals surface area contributed by atoms with Gasteiger partial charge in [-0.25, -0.2) is 9.18 Å². The molecule has 1 atom stereocenters. The number of amides is 1. The van der Waals surface area contributed by atoms with E-state index >= 15 is 0 Å². The van der Waals surface area contributed by atoms with Gasteiger partial charge in [-0.3, -0.25) is 14.5 Å². The van der Waals surface area contributed by atoms with Crippen LogP contribution in [0.2, 0.25) is 0 Å². The first-order valence-electron chi connectivity index (χ1n) is 6.36. The first kappa shape index (κ1) is 15.0. The predicted molar refractivity (Wildman–Crippen MR) is 69.9 cm³/mol. The molecule has 0 aromatic heterocycles. The summed E-state index contributed by atoms with van der Waals surface area (Å²) in [6.45, 7) is 0.843. The highest BCUT2D eigenvalue weighted by atomic mass is 19.1. The molecule has 1 heterocycles. The summed E-state index contributed by atoms with van der Waals surface area (Å²) in [5.41, 5.74) is 0.219. The van der Waals surface area contributed by atoms with Gasteiger partial charge < -0.3 is 9.47 Å². The topological polar surface area (TPSA) is 72.9 Å². The maximum Gasteiger partial charge on any atom is 0.329 e. The van der Waals surface area contributed by atoms with E-state index in [1.54, 1.807) is 0 Å². The van der Waals surface area contributed by atoms with Gasteiger partial charge in [0.05, 0.1) is 6.61 Å². The highest BCUT2D eigenvalue weighted by Crippen LogP contribution is 2.23. The number of rotatable bonds is 4. The zero-order chi connectivity index (χ0) is 15.4. The minimum atomic E-state index is -0.838. The Bertz CT molecular complexity index is 574. The van der Waals surface area contributed by atoms with Crippen molar-refractivity contribution in [1.29, 1.82) is 0 Å². The van der Waals surface area contributed by atoms with Gasteiger partial charge in [0.15, 0.2) is 6.61 Å². The molecule has 1 aromatic rings. The van der Waals surface area contributed by atoms with Gasteiger partial charge in [0.1, 0.15) is 11.9 Å². The summed E-state index contributed by atoms with van der Waals surface area (Å²) < 4.78 is 22.8. The molecule has 0 saturated carbocycles. The Labute approximate surface area is 120 Å². The third kappa shape index (κ3) is 3.56. The van der Waals surface area contributed by atoms with E-state index in [4.69, 9.17) is 4.74 Å². The molecule has 7 heteroatoms. The Kier molecular flexibility index (Phi) is 4.52. The van der Waals surface area contributed by atoms with E-state index in [0.29, 0.717) is 6.42 Å². The lowest BCUT2D eigenvalue weighted by Crippen LogP contribution is -2.45. The summed E-state index contributed by atoms with van der Waals surface area (Å²) >= 11 is 0. The summed E-state index contributed by atoms with van der Waals surface area (Å²) in [4.78, 5) is 35.8. The van der Waals surface area contributed by atoms with Gasteiger partial charge in [-0.05, 0) is 18.2 Å². The molecule has 1 unspecified atom stereocenters. The lowest BCUT2D eigenvalue weighted by Gasteiger charge is -2.26. The summed E-state index contributed by atoms with van der Waals surface area (Å²) in [6.07, 6.45) is 0.307. The van der Waals surface area contributed by atoms with E-state index in [1.165, 1.54) is 25.1 Å². The number of hydrogen-bond donors (Lipinski definition) is 0. The second kappa shape index (κ2) is 6.34. The number of hydrogen-bond acceptors (Lipinski definition) is 5. The number of ether oxygens (including phenoxy) is 2. The van der Waals surface area contributed by atoms with Crippen LogP contribution >= 0.6 is 0 Å². The lowest BCUT2D eigenvalue weighted by molar-refractivity contribution is -0.146. The zero-order valence-corrected chi connectivity index (χ0v) is 11.4. The third-order valence-electron chi connectivity index (χ3n) is 2.97. The molecule has 1 fully saturated rings. The van der Waals surface area contributed by atoms with E-state index in [2.05, 4.69) is 4.74 Å². The van der Waals surface area contributed by atoms with Crippen LogP contribution in [0.25, 0.3) is 0 Å². The average Bonchev–Trinajstić information content (AvgIpc) is 2.83. The van der Waals surface area contributed by atoms with Gasteiger partial charge in [-0.15, -0.1) is 0 Å². The molecule has 112 valence electrons. The maximum atomic E-state index is 13.3. The molecule has 1 amide bonds. The molecule has 0 spiro atoms. The molecular formula is C14H14FNO5. The van der Waals surface area contributed by atoms with Gasteiger partial charge in [-0.1, -0.05) is 6.07 Å². The monoisotopic (exact) mass is 295 g/mol. The molecule has 21 heavy (non-hydrogen) atoms. The summed E-state index contributed by atoms with van der Waals surface area (Å²) in [5.74, 6) is -2.32. The summed E-state index contributed by atoms with van der Waals surface area (Å²) in [5, 5.41) is 0. The van der Waals surface area contributed by atoms with Gasteiger partial charge in [0.2, 0.25) is 0 Å². The predicted octanol–water partition coefficient (Wildman–Crippen LogP) is 1.04. The average molecular weight is 295 g/mol. The van der Waals surface area contributed by atoms with Crippen LogP contribution in [0.1, 0.15) is 13.3 Å². The van der Waals surface area contributed by atoms with Crippen molar-refractivity contribution in [3.05, 3.63) is 30.1 Å². The Morgan fingerprint density at radius 2 is 2.24 bits per heavy atom. The smallest absolute Gasteiger partial charge is 0.329 e. The maximum absolute atomic E-state index is 13.3. The zero-order valence-electron chi connectivity index (χ0n) is 11.4. The lowest BCUT2D eigenvalue weighted by atomic mass is 10.1. The minimum absolute atomic E-state index is 0.191. The first-order valence-corrected chi connectivity index (χ1v) is 6.36. The number of esters is 2.